The first kappa shape index (κ1) is 22.9. The minimum Gasteiger partial charge on any atom is -0.380 e. The first-order valence-corrected chi connectivity index (χ1v) is 12.2. The maximum absolute atomic E-state index is 13.3. The molecule has 8 heteroatoms. The molecule has 2 fully saturated rings. The number of hydrogen-bond acceptors (Lipinski definition) is 4. The Morgan fingerprint density at radius 3 is 2.50 bits per heavy atom. The summed E-state index contributed by atoms with van der Waals surface area (Å²) in [6.45, 7) is 1.45. The highest BCUT2D eigenvalue weighted by molar-refractivity contribution is 6.32. The molecular formula is C26H33BN4O3. The molecule has 5 rings (SSSR count). The number of likely N-dealkylation sites (tertiary alicyclic amines) is 1. The van der Waals surface area contributed by atoms with Gasteiger partial charge in [0.25, 0.3) is 0 Å². The van der Waals surface area contributed by atoms with Crippen LogP contribution in [0.15, 0.2) is 42.5 Å². The Balaban J connectivity index is 1.30. The Bertz CT molecular complexity index is 1090. The van der Waals surface area contributed by atoms with Gasteiger partial charge in [-0.2, -0.15) is 0 Å². The molecule has 2 unspecified atom stereocenters. The van der Waals surface area contributed by atoms with Crippen LogP contribution in [0.4, 0.5) is 16.2 Å². The van der Waals surface area contributed by atoms with Gasteiger partial charge in [0.1, 0.15) is 13.9 Å². The van der Waals surface area contributed by atoms with Gasteiger partial charge in [-0.1, -0.05) is 23.7 Å². The van der Waals surface area contributed by atoms with Gasteiger partial charge in [0.2, 0.25) is 5.91 Å². The zero-order valence-corrected chi connectivity index (χ0v) is 20.3. The summed E-state index contributed by atoms with van der Waals surface area (Å²) >= 11 is 0. The lowest BCUT2D eigenvalue weighted by molar-refractivity contribution is -0.119. The summed E-state index contributed by atoms with van der Waals surface area (Å²) in [5.41, 5.74) is 5.62. The number of hydrogen-bond donors (Lipinski definition) is 2. The number of fused-ring (bicyclic) bond motifs is 1. The predicted molar refractivity (Wildman–Crippen MR) is 137 cm³/mol. The second-order valence-electron chi connectivity index (χ2n) is 10.1. The SMILES string of the molecule is Bc1ccc(NC(=O)N2CC(OC)CC2C(=O)Nc2ccc3c(c2)CC2(CC2)N(C)CC3)cc1. The van der Waals surface area contributed by atoms with Crippen molar-refractivity contribution in [2.75, 3.05) is 37.9 Å². The molecule has 2 N–H and O–H groups in total. The van der Waals surface area contributed by atoms with Crippen LogP contribution in [-0.4, -0.2) is 74.5 Å². The number of carbonyl (C=O) groups excluding carboxylic acids is 2. The topological polar surface area (TPSA) is 73.9 Å². The van der Waals surface area contributed by atoms with Crippen LogP contribution in [-0.2, 0) is 22.4 Å². The maximum atomic E-state index is 13.3. The molecule has 3 aliphatic rings. The lowest BCUT2D eigenvalue weighted by Gasteiger charge is -2.25. The largest absolute Gasteiger partial charge is 0.380 e. The summed E-state index contributed by atoms with van der Waals surface area (Å²) in [6, 6.07) is 13.0. The number of anilines is 2. The number of nitrogens with one attached hydrogen (secondary N) is 2. The number of nitrogens with zero attached hydrogens (tertiary/aromatic N) is 2. The van der Waals surface area contributed by atoms with Crippen molar-refractivity contribution in [3.8, 4) is 0 Å². The van der Waals surface area contributed by atoms with Gasteiger partial charge in [-0.3, -0.25) is 4.79 Å². The Kier molecular flexibility index (Phi) is 6.12. The third-order valence-electron chi connectivity index (χ3n) is 7.81. The molecular weight excluding hydrogens is 427 g/mol. The zero-order valence-electron chi connectivity index (χ0n) is 20.3. The van der Waals surface area contributed by atoms with Gasteiger partial charge < -0.3 is 25.2 Å². The van der Waals surface area contributed by atoms with Crippen molar-refractivity contribution in [3.63, 3.8) is 0 Å². The molecule has 3 amide bonds. The van der Waals surface area contributed by atoms with E-state index in [1.54, 1.807) is 12.0 Å². The van der Waals surface area contributed by atoms with Crippen LogP contribution in [0.3, 0.4) is 0 Å². The number of likely N-dealkylation sites (N-methyl/N-ethyl adjacent to an activating group) is 1. The fraction of sp³-hybridized carbons (Fsp3) is 0.462. The van der Waals surface area contributed by atoms with E-state index < -0.39 is 6.04 Å². The lowest BCUT2D eigenvalue weighted by Crippen LogP contribution is -2.45. The molecule has 0 radical (unpaired) electrons. The van der Waals surface area contributed by atoms with Gasteiger partial charge in [-0.25, -0.2) is 4.79 Å². The van der Waals surface area contributed by atoms with Crippen molar-refractivity contribution in [2.45, 2.75) is 49.8 Å². The normalized spacial score (nSPS) is 23.3. The van der Waals surface area contributed by atoms with Crippen molar-refractivity contribution in [1.29, 1.82) is 0 Å². The van der Waals surface area contributed by atoms with Crippen molar-refractivity contribution in [1.82, 2.24) is 9.80 Å². The molecule has 0 aromatic heterocycles. The second-order valence-corrected chi connectivity index (χ2v) is 10.1. The van der Waals surface area contributed by atoms with Gasteiger partial charge in [0.15, 0.2) is 0 Å². The Morgan fingerprint density at radius 2 is 1.79 bits per heavy atom. The number of amides is 3. The Morgan fingerprint density at radius 1 is 1.06 bits per heavy atom. The average Bonchev–Trinajstić information content (AvgIpc) is 3.50. The van der Waals surface area contributed by atoms with Crippen LogP contribution in [0.1, 0.15) is 30.4 Å². The highest BCUT2D eigenvalue weighted by Gasteiger charge is 2.47. The van der Waals surface area contributed by atoms with Crippen molar-refractivity contribution in [2.24, 2.45) is 0 Å². The van der Waals surface area contributed by atoms with Crippen LogP contribution in [0.5, 0.6) is 0 Å². The van der Waals surface area contributed by atoms with Crippen molar-refractivity contribution >= 4 is 36.6 Å². The lowest BCUT2D eigenvalue weighted by atomic mass is 9.96. The van der Waals surface area contributed by atoms with Crippen LogP contribution in [0, 0.1) is 0 Å². The Labute approximate surface area is 202 Å². The third-order valence-corrected chi connectivity index (χ3v) is 7.81. The number of carbonyl (C=O) groups is 2. The van der Waals surface area contributed by atoms with E-state index in [0.29, 0.717) is 24.2 Å². The molecule has 7 nitrogen and oxygen atoms in total. The Hall–Kier alpha value is -2.84. The predicted octanol–water partition coefficient (Wildman–Crippen LogP) is 1.77. The highest BCUT2D eigenvalue weighted by atomic mass is 16.5. The summed E-state index contributed by atoms with van der Waals surface area (Å²) < 4.78 is 5.51. The van der Waals surface area contributed by atoms with E-state index >= 15 is 0 Å². The monoisotopic (exact) mass is 460 g/mol. The smallest absolute Gasteiger partial charge is 0.322 e. The van der Waals surface area contributed by atoms with Gasteiger partial charge in [-0.15, -0.1) is 0 Å². The average molecular weight is 460 g/mol. The maximum Gasteiger partial charge on any atom is 0.322 e. The first-order valence-electron chi connectivity index (χ1n) is 12.2. The summed E-state index contributed by atoms with van der Waals surface area (Å²) in [5.74, 6) is -0.176. The highest BCUT2D eigenvalue weighted by Crippen LogP contribution is 2.46. The van der Waals surface area contributed by atoms with Crippen LogP contribution >= 0.6 is 0 Å². The molecule has 2 aromatic rings. The number of methoxy groups -OCH3 is 1. The molecule has 2 aromatic carbocycles. The molecule has 2 atom stereocenters. The summed E-state index contributed by atoms with van der Waals surface area (Å²) in [4.78, 5) is 30.4. The molecule has 1 saturated heterocycles. The number of rotatable bonds is 4. The van der Waals surface area contributed by atoms with Gasteiger partial charge >= 0.3 is 6.03 Å². The van der Waals surface area contributed by atoms with Gasteiger partial charge in [0, 0.05) is 43.5 Å². The quantitative estimate of drug-likeness (QED) is 0.683. The minimum atomic E-state index is -0.588. The van der Waals surface area contributed by atoms with E-state index in [1.165, 1.54) is 24.0 Å². The molecule has 2 heterocycles. The summed E-state index contributed by atoms with van der Waals surface area (Å²) in [7, 11) is 5.85. The van der Waals surface area contributed by atoms with E-state index in [0.717, 1.165) is 30.5 Å². The number of benzene rings is 2. The van der Waals surface area contributed by atoms with E-state index in [1.807, 2.05) is 38.2 Å². The third kappa shape index (κ3) is 4.57. The van der Waals surface area contributed by atoms with Gasteiger partial charge in [-0.05, 0) is 68.1 Å². The van der Waals surface area contributed by atoms with Crippen LogP contribution in [0.2, 0.25) is 0 Å². The van der Waals surface area contributed by atoms with E-state index in [2.05, 4.69) is 34.7 Å². The fourth-order valence-electron chi connectivity index (χ4n) is 5.33. The van der Waals surface area contributed by atoms with E-state index in [4.69, 9.17) is 4.74 Å². The fourth-order valence-corrected chi connectivity index (χ4v) is 5.33. The minimum absolute atomic E-state index is 0.170. The number of ether oxygens (including phenoxy) is 1. The molecule has 2 aliphatic heterocycles. The molecule has 0 bridgehead atoms. The zero-order chi connectivity index (χ0) is 23.9. The van der Waals surface area contributed by atoms with E-state index in [-0.39, 0.29) is 18.0 Å². The molecule has 1 saturated carbocycles. The summed E-state index contributed by atoms with van der Waals surface area (Å²) in [6.07, 6.45) is 4.85. The van der Waals surface area contributed by atoms with Crippen LogP contribution < -0.4 is 16.1 Å². The number of urea groups is 1. The summed E-state index contributed by atoms with van der Waals surface area (Å²) in [5, 5.41) is 6.00. The standard InChI is InChI=1S/C26H33BN4O3/c1-30-12-9-17-3-6-21(13-18(17)15-26(30)10-11-26)28-24(32)23-14-22(34-2)16-31(23)25(33)29-20-7-4-19(27)5-8-20/h3-8,13,22-23H,9-12,14-16,27H2,1-2H3,(H,28,32)(H,29,33). The first-order chi connectivity index (χ1) is 16.4. The molecule has 1 aliphatic carbocycles. The van der Waals surface area contributed by atoms with Crippen LogP contribution in [0.25, 0.3) is 0 Å². The van der Waals surface area contributed by atoms with Crippen molar-refractivity contribution < 1.29 is 14.3 Å². The molecule has 178 valence electrons. The van der Waals surface area contributed by atoms with Gasteiger partial charge in [0.05, 0.1) is 6.10 Å². The van der Waals surface area contributed by atoms with E-state index in [9.17, 15) is 9.59 Å². The molecule has 1 spiro atoms. The van der Waals surface area contributed by atoms with Crippen molar-refractivity contribution in [3.05, 3.63) is 53.6 Å². The second kappa shape index (κ2) is 9.08. The molecule has 34 heavy (non-hydrogen) atoms.